The third-order valence-electron chi connectivity index (χ3n) is 4.87. The molecule has 0 spiro atoms. The SMILES string of the molecule is Cc1cc2occ(CC(=O)N(C)C(C)c3ccccc3)c2cc1C. The molecule has 0 aliphatic rings. The number of fused-ring (bicyclic) bond motifs is 1. The Balaban J connectivity index is 1.81. The Labute approximate surface area is 142 Å². The van der Waals surface area contributed by atoms with Crippen molar-refractivity contribution in [2.75, 3.05) is 7.05 Å². The summed E-state index contributed by atoms with van der Waals surface area (Å²) < 4.78 is 5.64. The highest BCUT2D eigenvalue weighted by Gasteiger charge is 2.19. The summed E-state index contributed by atoms with van der Waals surface area (Å²) in [4.78, 5) is 14.5. The smallest absolute Gasteiger partial charge is 0.227 e. The Bertz CT molecular complexity index is 864. The van der Waals surface area contributed by atoms with Gasteiger partial charge in [0.15, 0.2) is 0 Å². The highest BCUT2D eigenvalue weighted by Crippen LogP contribution is 2.26. The molecule has 1 unspecified atom stereocenters. The first-order chi connectivity index (χ1) is 11.5. The van der Waals surface area contributed by atoms with Crippen molar-refractivity contribution in [3.8, 4) is 0 Å². The second-order valence-corrected chi connectivity index (χ2v) is 6.46. The van der Waals surface area contributed by atoms with E-state index in [9.17, 15) is 4.79 Å². The van der Waals surface area contributed by atoms with Gasteiger partial charge < -0.3 is 9.32 Å². The summed E-state index contributed by atoms with van der Waals surface area (Å²) in [7, 11) is 1.86. The van der Waals surface area contributed by atoms with Gasteiger partial charge in [-0.1, -0.05) is 30.3 Å². The fourth-order valence-electron chi connectivity index (χ4n) is 2.93. The Morgan fingerprint density at radius 2 is 1.79 bits per heavy atom. The topological polar surface area (TPSA) is 33.5 Å². The summed E-state index contributed by atoms with van der Waals surface area (Å²) in [5.41, 5.74) is 5.34. The van der Waals surface area contributed by atoms with Gasteiger partial charge in [-0.3, -0.25) is 4.79 Å². The van der Waals surface area contributed by atoms with Crippen molar-refractivity contribution in [1.82, 2.24) is 4.90 Å². The van der Waals surface area contributed by atoms with Crippen molar-refractivity contribution in [1.29, 1.82) is 0 Å². The highest BCUT2D eigenvalue weighted by molar-refractivity contribution is 5.88. The number of carbonyl (C=O) groups is 1. The summed E-state index contributed by atoms with van der Waals surface area (Å²) in [6.07, 6.45) is 2.06. The summed E-state index contributed by atoms with van der Waals surface area (Å²) in [6, 6.07) is 14.3. The van der Waals surface area contributed by atoms with Crippen LogP contribution in [0.5, 0.6) is 0 Å². The van der Waals surface area contributed by atoms with Crippen LogP contribution in [-0.2, 0) is 11.2 Å². The van der Waals surface area contributed by atoms with E-state index in [0.717, 1.165) is 22.1 Å². The van der Waals surface area contributed by atoms with Crippen molar-refractivity contribution in [3.05, 3.63) is 71.0 Å². The molecule has 3 rings (SSSR count). The summed E-state index contributed by atoms with van der Waals surface area (Å²) in [6.45, 7) is 6.20. The number of furan rings is 1. The fourth-order valence-corrected chi connectivity index (χ4v) is 2.93. The van der Waals surface area contributed by atoms with Crippen LogP contribution in [0, 0.1) is 13.8 Å². The molecule has 0 N–H and O–H groups in total. The Hall–Kier alpha value is -2.55. The zero-order valence-corrected chi connectivity index (χ0v) is 14.7. The van der Waals surface area contributed by atoms with Crippen LogP contribution in [0.1, 0.15) is 35.2 Å². The normalized spacial score (nSPS) is 12.3. The number of likely N-dealkylation sites (N-methyl/N-ethyl adjacent to an activating group) is 1. The third kappa shape index (κ3) is 3.07. The minimum Gasteiger partial charge on any atom is -0.464 e. The standard InChI is InChI=1S/C21H23NO2/c1-14-10-19-18(13-24-20(19)11-15(14)2)12-21(23)22(4)16(3)17-8-6-5-7-9-17/h5-11,13,16H,12H2,1-4H3. The number of aryl methyl sites for hydroxylation is 2. The van der Waals surface area contributed by atoms with E-state index in [0.29, 0.717) is 6.42 Å². The van der Waals surface area contributed by atoms with Crippen LogP contribution in [0.2, 0.25) is 0 Å². The number of hydrogen-bond acceptors (Lipinski definition) is 2. The average Bonchev–Trinajstić information content (AvgIpc) is 2.96. The second kappa shape index (κ2) is 6.52. The summed E-state index contributed by atoms with van der Waals surface area (Å²) in [5.74, 6) is 0.0901. The molecular formula is C21H23NO2. The van der Waals surface area contributed by atoms with Crippen LogP contribution in [0.25, 0.3) is 11.0 Å². The highest BCUT2D eigenvalue weighted by atomic mass is 16.3. The van der Waals surface area contributed by atoms with E-state index >= 15 is 0 Å². The molecule has 0 radical (unpaired) electrons. The average molecular weight is 321 g/mol. The quantitative estimate of drug-likeness (QED) is 0.691. The molecule has 1 atom stereocenters. The maximum absolute atomic E-state index is 12.7. The van der Waals surface area contributed by atoms with Gasteiger partial charge in [-0.25, -0.2) is 0 Å². The van der Waals surface area contributed by atoms with Gasteiger partial charge in [0.2, 0.25) is 5.91 Å². The molecule has 0 bridgehead atoms. The monoisotopic (exact) mass is 321 g/mol. The van der Waals surface area contributed by atoms with Gasteiger partial charge in [0.25, 0.3) is 0 Å². The van der Waals surface area contributed by atoms with E-state index in [2.05, 4.69) is 19.9 Å². The number of rotatable bonds is 4. The number of benzene rings is 2. The molecule has 0 saturated carbocycles. The first kappa shape index (κ1) is 16.3. The fraction of sp³-hybridized carbons (Fsp3) is 0.286. The minimum absolute atomic E-state index is 0.0424. The van der Waals surface area contributed by atoms with Gasteiger partial charge in [-0.2, -0.15) is 0 Å². The van der Waals surface area contributed by atoms with E-state index in [1.165, 1.54) is 11.1 Å². The number of nitrogens with zero attached hydrogens (tertiary/aromatic N) is 1. The van der Waals surface area contributed by atoms with Crippen molar-refractivity contribution in [2.24, 2.45) is 0 Å². The van der Waals surface area contributed by atoms with E-state index in [-0.39, 0.29) is 11.9 Å². The Kier molecular flexibility index (Phi) is 4.43. The van der Waals surface area contributed by atoms with Gasteiger partial charge >= 0.3 is 0 Å². The van der Waals surface area contributed by atoms with Crippen molar-refractivity contribution in [3.63, 3.8) is 0 Å². The van der Waals surface area contributed by atoms with Crippen LogP contribution in [0.3, 0.4) is 0 Å². The molecular weight excluding hydrogens is 298 g/mol. The molecule has 3 nitrogen and oxygen atoms in total. The lowest BCUT2D eigenvalue weighted by atomic mass is 10.0. The van der Waals surface area contributed by atoms with E-state index < -0.39 is 0 Å². The summed E-state index contributed by atoms with van der Waals surface area (Å²) in [5, 5.41) is 1.03. The zero-order chi connectivity index (χ0) is 17.3. The van der Waals surface area contributed by atoms with E-state index in [1.54, 1.807) is 11.2 Å². The first-order valence-electron chi connectivity index (χ1n) is 8.25. The minimum atomic E-state index is 0.0424. The second-order valence-electron chi connectivity index (χ2n) is 6.46. The molecule has 0 fully saturated rings. The largest absolute Gasteiger partial charge is 0.464 e. The molecule has 0 saturated heterocycles. The van der Waals surface area contributed by atoms with Crippen molar-refractivity contribution in [2.45, 2.75) is 33.2 Å². The maximum Gasteiger partial charge on any atom is 0.227 e. The number of hydrogen-bond donors (Lipinski definition) is 0. The van der Waals surface area contributed by atoms with Gasteiger partial charge in [0, 0.05) is 18.0 Å². The molecule has 1 heterocycles. The molecule has 24 heavy (non-hydrogen) atoms. The predicted octanol–water partition coefficient (Wildman–Crippen LogP) is 4.81. The predicted molar refractivity (Wildman–Crippen MR) is 97.0 cm³/mol. The number of carbonyl (C=O) groups excluding carboxylic acids is 1. The molecule has 124 valence electrons. The number of amides is 1. The van der Waals surface area contributed by atoms with Crippen LogP contribution < -0.4 is 0 Å². The van der Waals surface area contributed by atoms with Crippen LogP contribution in [0.15, 0.2) is 53.1 Å². The molecule has 0 aliphatic heterocycles. The lowest BCUT2D eigenvalue weighted by Gasteiger charge is -2.25. The molecule has 3 heteroatoms. The van der Waals surface area contributed by atoms with Crippen molar-refractivity contribution >= 4 is 16.9 Å². The Morgan fingerprint density at radius 3 is 2.50 bits per heavy atom. The van der Waals surface area contributed by atoms with Gasteiger partial charge in [0.05, 0.1) is 18.7 Å². The molecule has 1 aromatic heterocycles. The lowest BCUT2D eigenvalue weighted by Crippen LogP contribution is -2.30. The first-order valence-corrected chi connectivity index (χ1v) is 8.25. The zero-order valence-electron chi connectivity index (χ0n) is 14.7. The van der Waals surface area contributed by atoms with Crippen molar-refractivity contribution < 1.29 is 9.21 Å². The van der Waals surface area contributed by atoms with Gasteiger partial charge in [0.1, 0.15) is 5.58 Å². The lowest BCUT2D eigenvalue weighted by molar-refractivity contribution is -0.131. The van der Waals surface area contributed by atoms with E-state index in [1.807, 2.05) is 50.4 Å². The van der Waals surface area contributed by atoms with Gasteiger partial charge in [-0.15, -0.1) is 0 Å². The Morgan fingerprint density at radius 1 is 1.12 bits per heavy atom. The molecule has 3 aromatic rings. The van der Waals surface area contributed by atoms with Crippen LogP contribution in [-0.4, -0.2) is 17.9 Å². The third-order valence-corrected chi connectivity index (χ3v) is 4.87. The van der Waals surface area contributed by atoms with E-state index in [4.69, 9.17) is 4.42 Å². The van der Waals surface area contributed by atoms with Gasteiger partial charge in [-0.05, 0) is 49.6 Å². The molecule has 1 amide bonds. The summed E-state index contributed by atoms with van der Waals surface area (Å²) >= 11 is 0. The molecule has 2 aromatic carbocycles. The maximum atomic E-state index is 12.7. The molecule has 0 aliphatic carbocycles. The van der Waals surface area contributed by atoms with Crippen LogP contribution in [0.4, 0.5) is 0 Å². The van der Waals surface area contributed by atoms with Crippen LogP contribution >= 0.6 is 0 Å².